The highest BCUT2D eigenvalue weighted by Crippen LogP contribution is 2.49. The highest BCUT2D eigenvalue weighted by Gasteiger charge is 2.44. The molecule has 6 heteroatoms. The van der Waals surface area contributed by atoms with Crippen molar-refractivity contribution in [2.75, 3.05) is 5.32 Å². The molecule has 23 heavy (non-hydrogen) atoms. The lowest BCUT2D eigenvalue weighted by Gasteiger charge is -2.19. The molecular weight excluding hydrogens is 314 g/mol. The zero-order valence-corrected chi connectivity index (χ0v) is 14.2. The summed E-state index contributed by atoms with van der Waals surface area (Å²) in [7, 11) is 0. The van der Waals surface area contributed by atoms with Crippen LogP contribution in [-0.4, -0.2) is 21.6 Å². The number of imidazole rings is 1. The van der Waals surface area contributed by atoms with Crippen molar-refractivity contribution in [3.8, 4) is 5.75 Å². The molecule has 0 bridgehead atoms. The van der Waals surface area contributed by atoms with Crippen LogP contribution in [0.15, 0.2) is 24.8 Å². The van der Waals surface area contributed by atoms with Gasteiger partial charge in [-0.15, -0.1) is 12.4 Å². The quantitative estimate of drug-likeness (QED) is 0.919. The summed E-state index contributed by atoms with van der Waals surface area (Å²) in [6.45, 7) is 6.73. The van der Waals surface area contributed by atoms with E-state index in [1.165, 1.54) is 5.56 Å². The molecule has 1 aromatic carbocycles. The van der Waals surface area contributed by atoms with Crippen LogP contribution in [0.2, 0.25) is 0 Å². The van der Waals surface area contributed by atoms with E-state index in [-0.39, 0.29) is 24.4 Å². The van der Waals surface area contributed by atoms with Gasteiger partial charge < -0.3 is 14.6 Å². The predicted octanol–water partition coefficient (Wildman–Crippen LogP) is 2.85. The highest BCUT2D eigenvalue weighted by atomic mass is 35.5. The summed E-state index contributed by atoms with van der Waals surface area (Å²) in [4.78, 5) is 16.3. The molecule has 0 fully saturated rings. The Balaban J connectivity index is 0.00000156. The molecule has 4 rings (SSSR count). The van der Waals surface area contributed by atoms with E-state index >= 15 is 0 Å². The minimum Gasteiger partial charge on any atom is -0.488 e. The Morgan fingerprint density at radius 1 is 1.48 bits per heavy atom. The van der Waals surface area contributed by atoms with Gasteiger partial charge in [0.1, 0.15) is 11.9 Å². The molecule has 1 unspecified atom stereocenters. The molecule has 0 saturated heterocycles. The SMILES string of the molecule is Cc1cc2c(c3c1NC(=O)C3(C)C)OC(Cn1ccnc1)C2.Cl. The maximum atomic E-state index is 12.3. The Morgan fingerprint density at radius 2 is 2.26 bits per heavy atom. The van der Waals surface area contributed by atoms with Gasteiger partial charge in [-0.2, -0.15) is 0 Å². The lowest BCUT2D eigenvalue weighted by atomic mass is 9.83. The molecule has 1 aromatic heterocycles. The summed E-state index contributed by atoms with van der Waals surface area (Å²) in [6, 6.07) is 2.14. The Bertz CT molecular complexity index is 769. The van der Waals surface area contributed by atoms with E-state index in [1.54, 1.807) is 12.5 Å². The standard InChI is InChI=1S/C17H19N3O2.ClH/c1-10-6-11-7-12(8-20-5-4-18-9-20)22-15(11)13-14(10)19-16(21)17(13,2)3;/h4-6,9,12H,7-8H2,1-3H3,(H,19,21);1H. The number of ether oxygens (including phenoxy) is 1. The minimum absolute atomic E-state index is 0. The van der Waals surface area contributed by atoms with E-state index in [0.29, 0.717) is 0 Å². The number of aromatic nitrogens is 2. The maximum Gasteiger partial charge on any atom is 0.234 e. The van der Waals surface area contributed by atoms with Gasteiger partial charge in [0.25, 0.3) is 0 Å². The number of benzene rings is 1. The number of aryl methyl sites for hydroxylation is 1. The number of hydrogen-bond donors (Lipinski definition) is 1. The highest BCUT2D eigenvalue weighted by molar-refractivity contribution is 6.07. The van der Waals surface area contributed by atoms with Crippen molar-refractivity contribution in [3.63, 3.8) is 0 Å². The number of carbonyl (C=O) groups is 1. The van der Waals surface area contributed by atoms with Gasteiger partial charge in [-0.1, -0.05) is 6.07 Å². The Hall–Kier alpha value is -2.01. The largest absolute Gasteiger partial charge is 0.488 e. The Morgan fingerprint density at radius 3 is 2.96 bits per heavy atom. The van der Waals surface area contributed by atoms with E-state index in [2.05, 4.69) is 16.4 Å². The molecule has 122 valence electrons. The summed E-state index contributed by atoms with van der Waals surface area (Å²) >= 11 is 0. The zero-order valence-electron chi connectivity index (χ0n) is 13.4. The summed E-state index contributed by atoms with van der Waals surface area (Å²) in [5, 5.41) is 3.01. The van der Waals surface area contributed by atoms with Crippen LogP contribution in [-0.2, 0) is 23.2 Å². The first-order valence-electron chi connectivity index (χ1n) is 7.57. The first kappa shape index (κ1) is 15.9. The average Bonchev–Trinajstić information content (AvgIpc) is 3.12. The van der Waals surface area contributed by atoms with Crippen LogP contribution in [0, 0.1) is 6.92 Å². The Labute approximate surface area is 141 Å². The lowest BCUT2D eigenvalue weighted by Crippen LogP contribution is -2.27. The fraction of sp³-hybridized carbons (Fsp3) is 0.412. The van der Waals surface area contributed by atoms with Crippen LogP contribution in [0.1, 0.15) is 30.5 Å². The van der Waals surface area contributed by atoms with E-state index in [0.717, 1.165) is 35.5 Å². The van der Waals surface area contributed by atoms with Gasteiger partial charge in [0.2, 0.25) is 5.91 Å². The summed E-state index contributed by atoms with van der Waals surface area (Å²) in [5.74, 6) is 0.940. The second-order valence-corrected chi connectivity index (χ2v) is 6.71. The first-order chi connectivity index (χ1) is 10.5. The molecule has 0 saturated carbocycles. The van der Waals surface area contributed by atoms with Crippen LogP contribution in [0.4, 0.5) is 5.69 Å². The van der Waals surface area contributed by atoms with Crippen molar-refractivity contribution in [2.24, 2.45) is 0 Å². The molecule has 5 nitrogen and oxygen atoms in total. The molecule has 2 aliphatic heterocycles. The van der Waals surface area contributed by atoms with Crippen LogP contribution in [0.25, 0.3) is 0 Å². The van der Waals surface area contributed by atoms with Crippen molar-refractivity contribution in [1.82, 2.24) is 9.55 Å². The van der Waals surface area contributed by atoms with E-state index < -0.39 is 5.41 Å². The van der Waals surface area contributed by atoms with Crippen molar-refractivity contribution in [2.45, 2.75) is 45.3 Å². The number of halogens is 1. The fourth-order valence-corrected chi connectivity index (χ4v) is 3.48. The summed E-state index contributed by atoms with van der Waals surface area (Å²) in [5.41, 5.74) is 3.71. The average molecular weight is 334 g/mol. The predicted molar refractivity (Wildman–Crippen MR) is 90.4 cm³/mol. The third kappa shape index (κ3) is 2.30. The molecule has 0 radical (unpaired) electrons. The third-order valence-corrected chi connectivity index (χ3v) is 4.69. The first-order valence-corrected chi connectivity index (χ1v) is 7.57. The van der Waals surface area contributed by atoms with Crippen LogP contribution < -0.4 is 10.1 Å². The molecule has 2 aromatic rings. The summed E-state index contributed by atoms with van der Waals surface area (Å²) in [6.07, 6.45) is 6.47. The number of fused-ring (bicyclic) bond motifs is 3. The van der Waals surface area contributed by atoms with Crippen molar-refractivity contribution < 1.29 is 9.53 Å². The molecule has 1 atom stereocenters. The van der Waals surface area contributed by atoms with Crippen LogP contribution in [0.3, 0.4) is 0 Å². The minimum atomic E-state index is -0.546. The van der Waals surface area contributed by atoms with E-state index in [4.69, 9.17) is 4.74 Å². The van der Waals surface area contributed by atoms with Crippen LogP contribution >= 0.6 is 12.4 Å². The molecule has 1 N–H and O–H groups in total. The maximum absolute atomic E-state index is 12.3. The molecule has 3 heterocycles. The normalized spacial score (nSPS) is 20.3. The summed E-state index contributed by atoms with van der Waals surface area (Å²) < 4.78 is 8.25. The number of rotatable bonds is 2. The zero-order chi connectivity index (χ0) is 15.5. The van der Waals surface area contributed by atoms with E-state index in [9.17, 15) is 4.79 Å². The van der Waals surface area contributed by atoms with E-state index in [1.807, 2.05) is 31.5 Å². The Kier molecular flexibility index (Phi) is 3.64. The lowest BCUT2D eigenvalue weighted by molar-refractivity contribution is -0.119. The molecule has 0 spiro atoms. The van der Waals surface area contributed by atoms with Gasteiger partial charge >= 0.3 is 0 Å². The van der Waals surface area contributed by atoms with Gasteiger partial charge in [0, 0.05) is 24.4 Å². The molecular formula is C17H20ClN3O2. The fourth-order valence-electron chi connectivity index (χ4n) is 3.48. The second kappa shape index (κ2) is 5.27. The smallest absolute Gasteiger partial charge is 0.234 e. The van der Waals surface area contributed by atoms with Gasteiger partial charge in [-0.25, -0.2) is 4.98 Å². The van der Waals surface area contributed by atoms with Gasteiger partial charge in [-0.05, 0) is 31.9 Å². The van der Waals surface area contributed by atoms with Crippen molar-refractivity contribution >= 4 is 24.0 Å². The number of carbonyl (C=O) groups excluding carboxylic acids is 1. The van der Waals surface area contributed by atoms with Crippen molar-refractivity contribution in [1.29, 1.82) is 0 Å². The van der Waals surface area contributed by atoms with Gasteiger partial charge in [-0.3, -0.25) is 4.79 Å². The molecule has 0 aliphatic carbocycles. The molecule has 1 amide bonds. The number of nitrogens with zero attached hydrogens (tertiary/aromatic N) is 2. The van der Waals surface area contributed by atoms with Crippen molar-refractivity contribution in [3.05, 3.63) is 41.5 Å². The van der Waals surface area contributed by atoms with Gasteiger partial charge in [0.15, 0.2) is 0 Å². The topological polar surface area (TPSA) is 56.1 Å². The third-order valence-electron chi connectivity index (χ3n) is 4.69. The second-order valence-electron chi connectivity index (χ2n) is 6.71. The monoisotopic (exact) mass is 333 g/mol. The number of anilines is 1. The number of amides is 1. The number of hydrogen-bond acceptors (Lipinski definition) is 3. The number of nitrogens with one attached hydrogen (secondary N) is 1. The van der Waals surface area contributed by atoms with Crippen LogP contribution in [0.5, 0.6) is 5.75 Å². The molecule has 2 aliphatic rings. The van der Waals surface area contributed by atoms with Gasteiger partial charge in [0.05, 0.1) is 24.0 Å².